The molecule has 0 amide bonds. The Morgan fingerprint density at radius 3 is 2.24 bits per heavy atom. The van der Waals surface area contributed by atoms with E-state index in [4.69, 9.17) is 4.74 Å². The topological polar surface area (TPSA) is 21.6 Å². The van der Waals surface area contributed by atoms with Crippen LogP contribution in [0.15, 0.2) is 17.1 Å². The molecule has 1 heterocycles. The maximum absolute atomic E-state index is 5.66. The fourth-order valence-corrected chi connectivity index (χ4v) is 2.39. The highest BCUT2D eigenvalue weighted by atomic mass is 16.5. The zero-order valence-corrected chi connectivity index (χ0v) is 11.4. The molecule has 0 radical (unpaired) electrons. The molecular formula is C15H21NO. The number of hydrogen-bond donors (Lipinski definition) is 0. The Morgan fingerprint density at radius 1 is 1.18 bits per heavy atom. The van der Waals surface area contributed by atoms with Crippen molar-refractivity contribution in [2.45, 2.75) is 46.6 Å². The second-order valence-electron chi connectivity index (χ2n) is 5.66. The number of benzene rings is 1. The minimum atomic E-state index is -0.0537. The van der Waals surface area contributed by atoms with Crippen LogP contribution < -0.4 is 0 Å². The zero-order chi connectivity index (χ0) is 12.6. The summed E-state index contributed by atoms with van der Waals surface area (Å²) in [5, 5.41) is 0. The third-order valence-corrected chi connectivity index (χ3v) is 3.19. The molecule has 0 aliphatic carbocycles. The Morgan fingerprint density at radius 2 is 1.76 bits per heavy atom. The Balaban J connectivity index is 2.26. The average molecular weight is 231 g/mol. The summed E-state index contributed by atoms with van der Waals surface area (Å²) in [6.07, 6.45) is 0.821. The molecule has 0 fully saturated rings. The smallest absolute Gasteiger partial charge is 0.188 e. The van der Waals surface area contributed by atoms with Crippen LogP contribution in [0.1, 0.15) is 36.1 Å². The fraction of sp³-hybridized carbons (Fsp3) is 0.533. The van der Waals surface area contributed by atoms with Gasteiger partial charge >= 0.3 is 0 Å². The van der Waals surface area contributed by atoms with E-state index in [1.807, 2.05) is 0 Å². The van der Waals surface area contributed by atoms with Crippen LogP contribution in [-0.2, 0) is 11.2 Å². The second kappa shape index (κ2) is 4.17. The minimum absolute atomic E-state index is 0.0537. The van der Waals surface area contributed by atoms with E-state index in [-0.39, 0.29) is 5.54 Å². The SMILES string of the molecule is Cc1cc(C)c(CC2=NC(C)(C)CO2)c(C)c1. The van der Waals surface area contributed by atoms with Gasteiger partial charge in [0.15, 0.2) is 5.90 Å². The molecule has 0 unspecified atom stereocenters. The van der Waals surface area contributed by atoms with Crippen LogP contribution in [0.4, 0.5) is 0 Å². The first-order valence-electron chi connectivity index (χ1n) is 6.16. The Bertz CT molecular complexity index is 449. The van der Waals surface area contributed by atoms with Crippen molar-refractivity contribution in [2.75, 3.05) is 6.61 Å². The van der Waals surface area contributed by atoms with Crippen molar-refractivity contribution in [3.05, 3.63) is 34.4 Å². The molecule has 17 heavy (non-hydrogen) atoms. The molecule has 0 atom stereocenters. The number of aliphatic imine (C=N–C) groups is 1. The lowest BCUT2D eigenvalue weighted by molar-refractivity contribution is 0.275. The van der Waals surface area contributed by atoms with Crippen LogP contribution >= 0.6 is 0 Å². The van der Waals surface area contributed by atoms with Gasteiger partial charge in [-0.1, -0.05) is 17.7 Å². The molecule has 0 spiro atoms. The molecule has 0 saturated heterocycles. The van der Waals surface area contributed by atoms with E-state index >= 15 is 0 Å². The van der Waals surface area contributed by atoms with Crippen molar-refractivity contribution in [1.82, 2.24) is 0 Å². The zero-order valence-electron chi connectivity index (χ0n) is 11.4. The van der Waals surface area contributed by atoms with Crippen molar-refractivity contribution in [3.8, 4) is 0 Å². The quantitative estimate of drug-likeness (QED) is 0.764. The number of aryl methyl sites for hydroxylation is 3. The monoisotopic (exact) mass is 231 g/mol. The molecule has 2 heteroatoms. The van der Waals surface area contributed by atoms with Crippen molar-refractivity contribution < 1.29 is 4.74 Å². The van der Waals surface area contributed by atoms with E-state index in [9.17, 15) is 0 Å². The minimum Gasteiger partial charge on any atom is -0.478 e. The van der Waals surface area contributed by atoms with Gasteiger partial charge in [-0.05, 0) is 51.3 Å². The van der Waals surface area contributed by atoms with Crippen LogP contribution in [0, 0.1) is 20.8 Å². The largest absolute Gasteiger partial charge is 0.478 e. The summed E-state index contributed by atoms with van der Waals surface area (Å²) in [5.74, 6) is 0.880. The van der Waals surface area contributed by atoms with Crippen molar-refractivity contribution in [3.63, 3.8) is 0 Å². The maximum Gasteiger partial charge on any atom is 0.188 e. The van der Waals surface area contributed by atoms with Gasteiger partial charge in [-0.3, -0.25) is 0 Å². The van der Waals surface area contributed by atoms with Gasteiger partial charge in [0.25, 0.3) is 0 Å². The van der Waals surface area contributed by atoms with Crippen molar-refractivity contribution in [1.29, 1.82) is 0 Å². The summed E-state index contributed by atoms with van der Waals surface area (Å²) in [7, 11) is 0. The van der Waals surface area contributed by atoms with Gasteiger partial charge < -0.3 is 4.74 Å². The summed E-state index contributed by atoms with van der Waals surface area (Å²) in [5.41, 5.74) is 5.28. The Hall–Kier alpha value is -1.31. The first-order valence-corrected chi connectivity index (χ1v) is 6.16. The van der Waals surface area contributed by atoms with E-state index < -0.39 is 0 Å². The van der Waals surface area contributed by atoms with Gasteiger partial charge in [-0.2, -0.15) is 0 Å². The fourth-order valence-electron chi connectivity index (χ4n) is 2.39. The van der Waals surface area contributed by atoms with Crippen molar-refractivity contribution in [2.24, 2.45) is 4.99 Å². The number of rotatable bonds is 2. The molecule has 0 saturated carbocycles. The number of nitrogens with zero attached hydrogens (tertiary/aromatic N) is 1. The first kappa shape index (κ1) is 12.2. The van der Waals surface area contributed by atoms with Crippen molar-refractivity contribution >= 4 is 5.90 Å². The van der Waals surface area contributed by atoms with Crippen LogP contribution in [-0.4, -0.2) is 18.0 Å². The summed E-state index contributed by atoms with van der Waals surface area (Å²) in [6.45, 7) is 11.4. The van der Waals surface area contributed by atoms with Gasteiger partial charge in [0.2, 0.25) is 0 Å². The lowest BCUT2D eigenvalue weighted by atomic mass is 9.97. The van der Waals surface area contributed by atoms with E-state index in [1.54, 1.807) is 0 Å². The van der Waals surface area contributed by atoms with Gasteiger partial charge in [-0.15, -0.1) is 0 Å². The molecule has 1 aliphatic rings. The molecule has 0 bridgehead atoms. The molecular weight excluding hydrogens is 210 g/mol. The van der Waals surface area contributed by atoms with Gasteiger partial charge in [0.1, 0.15) is 6.61 Å². The lowest BCUT2D eigenvalue weighted by Gasteiger charge is -2.10. The predicted octanol–water partition coefficient (Wildman–Crippen LogP) is 3.36. The standard InChI is InChI=1S/C15H21NO/c1-10-6-11(2)13(12(3)7-10)8-14-16-15(4,5)9-17-14/h6-7H,8-9H2,1-5H3. The van der Waals surface area contributed by atoms with Crippen LogP contribution in [0.3, 0.4) is 0 Å². The Kier molecular flexibility index (Phi) is 2.98. The van der Waals surface area contributed by atoms with E-state index in [0.717, 1.165) is 12.3 Å². The molecule has 1 aromatic rings. The third kappa shape index (κ3) is 2.68. The van der Waals surface area contributed by atoms with E-state index in [2.05, 4.69) is 51.7 Å². The molecule has 92 valence electrons. The lowest BCUT2D eigenvalue weighted by Crippen LogP contribution is -2.17. The van der Waals surface area contributed by atoms with Gasteiger partial charge in [0, 0.05) is 6.42 Å². The predicted molar refractivity (Wildman–Crippen MR) is 71.8 cm³/mol. The summed E-state index contributed by atoms with van der Waals surface area (Å²) < 4.78 is 5.66. The average Bonchev–Trinajstić information content (AvgIpc) is 2.52. The first-order chi connectivity index (χ1) is 7.87. The van der Waals surface area contributed by atoms with Crippen LogP contribution in [0.25, 0.3) is 0 Å². The van der Waals surface area contributed by atoms with Gasteiger partial charge in [-0.25, -0.2) is 4.99 Å². The maximum atomic E-state index is 5.66. The van der Waals surface area contributed by atoms with E-state index in [1.165, 1.54) is 22.3 Å². The second-order valence-corrected chi connectivity index (χ2v) is 5.66. The summed E-state index contributed by atoms with van der Waals surface area (Å²) in [6, 6.07) is 4.45. The third-order valence-electron chi connectivity index (χ3n) is 3.19. The molecule has 0 N–H and O–H groups in total. The highest BCUT2D eigenvalue weighted by molar-refractivity contribution is 5.81. The summed E-state index contributed by atoms with van der Waals surface area (Å²) in [4.78, 5) is 4.61. The van der Waals surface area contributed by atoms with Crippen LogP contribution in [0.2, 0.25) is 0 Å². The van der Waals surface area contributed by atoms with Gasteiger partial charge in [0.05, 0.1) is 5.54 Å². The summed E-state index contributed by atoms with van der Waals surface area (Å²) >= 11 is 0. The molecule has 2 rings (SSSR count). The van der Waals surface area contributed by atoms with E-state index in [0.29, 0.717) is 6.61 Å². The number of ether oxygens (including phenoxy) is 1. The molecule has 1 aliphatic heterocycles. The Labute approximate surface area is 104 Å². The number of hydrogen-bond acceptors (Lipinski definition) is 2. The highest BCUT2D eigenvalue weighted by Crippen LogP contribution is 2.22. The molecule has 1 aromatic carbocycles. The molecule has 0 aromatic heterocycles. The van der Waals surface area contributed by atoms with Crippen LogP contribution in [0.5, 0.6) is 0 Å². The highest BCUT2D eigenvalue weighted by Gasteiger charge is 2.26. The molecule has 2 nitrogen and oxygen atoms in total. The normalized spacial score (nSPS) is 17.8.